The van der Waals surface area contributed by atoms with Gasteiger partial charge in [-0.2, -0.15) is 0 Å². The highest BCUT2D eigenvalue weighted by molar-refractivity contribution is 6.35. The first-order valence-corrected chi connectivity index (χ1v) is 6.31. The summed E-state index contributed by atoms with van der Waals surface area (Å²) in [6.07, 6.45) is 0. The molecule has 1 aromatic rings. The minimum absolute atomic E-state index is 0.0210. The van der Waals surface area contributed by atoms with Crippen molar-refractivity contribution in [2.24, 2.45) is 0 Å². The van der Waals surface area contributed by atoms with Gasteiger partial charge in [0.15, 0.2) is 0 Å². The first-order chi connectivity index (χ1) is 8.70. The molecule has 4 nitrogen and oxygen atoms in total. The third-order valence-corrected chi connectivity index (χ3v) is 3.05. The molecule has 19 heavy (non-hydrogen) atoms. The van der Waals surface area contributed by atoms with E-state index in [0.717, 1.165) is 0 Å². The lowest BCUT2D eigenvalue weighted by atomic mass is 9.85. The lowest BCUT2D eigenvalue weighted by Crippen LogP contribution is -2.18. The molecule has 1 aromatic carbocycles. The third kappa shape index (κ3) is 3.26. The summed E-state index contributed by atoms with van der Waals surface area (Å²) in [4.78, 5) is 23.1. The van der Waals surface area contributed by atoms with Gasteiger partial charge in [0.2, 0.25) is 0 Å². The summed E-state index contributed by atoms with van der Waals surface area (Å²) >= 11 is 6.15. The maximum atomic E-state index is 11.7. The van der Waals surface area contributed by atoms with Crippen LogP contribution in [0.15, 0.2) is 12.1 Å². The van der Waals surface area contributed by atoms with E-state index in [0.29, 0.717) is 5.56 Å². The Bertz CT molecular complexity index is 515. The van der Waals surface area contributed by atoms with Crippen LogP contribution in [0.25, 0.3) is 0 Å². The highest BCUT2D eigenvalue weighted by Gasteiger charge is 2.27. The Morgan fingerprint density at radius 3 is 2.32 bits per heavy atom. The molecule has 0 aliphatic carbocycles. The number of esters is 1. The molecular weight excluding hydrogens is 268 g/mol. The van der Waals surface area contributed by atoms with Crippen LogP contribution in [0.4, 0.5) is 0 Å². The van der Waals surface area contributed by atoms with Crippen LogP contribution in [-0.2, 0) is 10.2 Å². The van der Waals surface area contributed by atoms with Crippen LogP contribution in [0.5, 0.6) is 0 Å². The van der Waals surface area contributed by atoms with Crippen molar-refractivity contribution in [1.29, 1.82) is 0 Å². The van der Waals surface area contributed by atoms with Gasteiger partial charge < -0.3 is 9.84 Å². The van der Waals surface area contributed by atoms with Gasteiger partial charge in [-0.1, -0.05) is 38.4 Å². The summed E-state index contributed by atoms with van der Waals surface area (Å²) in [5.41, 5.74) is 0.147. The van der Waals surface area contributed by atoms with Gasteiger partial charge in [0.05, 0.1) is 22.8 Å². The Morgan fingerprint density at radius 2 is 1.89 bits per heavy atom. The molecule has 0 aromatic heterocycles. The predicted octanol–water partition coefficient (Wildman–Crippen LogP) is 3.51. The van der Waals surface area contributed by atoms with Crippen molar-refractivity contribution in [3.05, 3.63) is 33.8 Å². The molecule has 0 saturated heterocycles. The Kier molecular flexibility index (Phi) is 4.58. The fraction of sp³-hybridized carbons (Fsp3) is 0.429. The largest absolute Gasteiger partial charge is 0.478 e. The number of ether oxygens (including phenoxy) is 1. The topological polar surface area (TPSA) is 63.6 Å². The van der Waals surface area contributed by atoms with E-state index in [9.17, 15) is 14.7 Å². The van der Waals surface area contributed by atoms with Crippen molar-refractivity contribution in [2.75, 3.05) is 6.61 Å². The number of halogens is 1. The smallest absolute Gasteiger partial charge is 0.339 e. The number of hydrogen-bond donors (Lipinski definition) is 1. The van der Waals surface area contributed by atoms with E-state index < -0.39 is 11.9 Å². The zero-order chi connectivity index (χ0) is 14.8. The van der Waals surface area contributed by atoms with Gasteiger partial charge in [0.25, 0.3) is 0 Å². The Balaban J connectivity index is 3.49. The zero-order valence-electron chi connectivity index (χ0n) is 11.4. The quantitative estimate of drug-likeness (QED) is 0.863. The fourth-order valence-electron chi connectivity index (χ4n) is 1.74. The van der Waals surface area contributed by atoms with Crippen LogP contribution in [0, 0.1) is 0 Å². The van der Waals surface area contributed by atoms with E-state index in [1.807, 2.05) is 20.8 Å². The highest BCUT2D eigenvalue weighted by Crippen LogP contribution is 2.33. The number of rotatable bonds is 3. The number of carboxylic acids is 1. The minimum atomic E-state index is -1.24. The van der Waals surface area contributed by atoms with Crippen LogP contribution < -0.4 is 0 Å². The fourth-order valence-corrected chi connectivity index (χ4v) is 2.27. The van der Waals surface area contributed by atoms with E-state index in [4.69, 9.17) is 16.3 Å². The van der Waals surface area contributed by atoms with Gasteiger partial charge in [-0.05, 0) is 24.0 Å². The van der Waals surface area contributed by atoms with E-state index in [1.54, 1.807) is 13.0 Å². The minimum Gasteiger partial charge on any atom is -0.478 e. The summed E-state index contributed by atoms with van der Waals surface area (Å²) in [5.74, 6) is -1.92. The second-order valence-corrected chi connectivity index (χ2v) is 5.50. The number of carbonyl (C=O) groups is 2. The first-order valence-electron chi connectivity index (χ1n) is 5.93. The van der Waals surface area contributed by atoms with Crippen molar-refractivity contribution in [1.82, 2.24) is 0 Å². The number of benzene rings is 1. The number of aromatic carboxylic acids is 1. The van der Waals surface area contributed by atoms with Gasteiger partial charge >= 0.3 is 11.9 Å². The van der Waals surface area contributed by atoms with E-state index in [2.05, 4.69) is 0 Å². The molecule has 1 rings (SSSR count). The van der Waals surface area contributed by atoms with Gasteiger partial charge in [-0.3, -0.25) is 0 Å². The lowest BCUT2D eigenvalue weighted by Gasteiger charge is -2.22. The highest BCUT2D eigenvalue weighted by atomic mass is 35.5. The number of carbonyl (C=O) groups excluding carboxylic acids is 1. The van der Waals surface area contributed by atoms with Crippen LogP contribution in [0.3, 0.4) is 0 Å². The molecule has 0 bridgehead atoms. The summed E-state index contributed by atoms with van der Waals surface area (Å²) in [5, 5.41) is 9.35. The Morgan fingerprint density at radius 1 is 1.32 bits per heavy atom. The Labute approximate surface area is 117 Å². The van der Waals surface area contributed by atoms with Crippen molar-refractivity contribution in [3.8, 4) is 0 Å². The number of hydrogen-bond acceptors (Lipinski definition) is 3. The molecule has 0 aliphatic heterocycles. The van der Waals surface area contributed by atoms with Gasteiger partial charge in [-0.15, -0.1) is 0 Å². The molecular formula is C14H17ClO4. The van der Waals surface area contributed by atoms with Crippen molar-refractivity contribution in [3.63, 3.8) is 0 Å². The van der Waals surface area contributed by atoms with Crippen LogP contribution in [-0.4, -0.2) is 23.7 Å². The van der Waals surface area contributed by atoms with Crippen molar-refractivity contribution < 1.29 is 19.4 Å². The molecule has 104 valence electrons. The maximum Gasteiger partial charge on any atom is 0.339 e. The zero-order valence-corrected chi connectivity index (χ0v) is 12.2. The molecule has 0 saturated carbocycles. The molecule has 1 N–H and O–H groups in total. The summed E-state index contributed by atoms with van der Waals surface area (Å²) in [6.45, 7) is 7.59. The summed E-state index contributed by atoms with van der Waals surface area (Å²) in [7, 11) is 0. The second-order valence-electron chi connectivity index (χ2n) is 5.13. The monoisotopic (exact) mass is 284 g/mol. The van der Waals surface area contributed by atoms with Gasteiger partial charge in [0.1, 0.15) is 0 Å². The molecule has 0 unspecified atom stereocenters. The SMILES string of the molecule is CCOC(=O)c1ccc(C(C)(C)C)c(Cl)c1C(=O)O. The van der Waals surface area contributed by atoms with Crippen LogP contribution in [0.2, 0.25) is 5.02 Å². The number of carboxylic acid groups (broad SMARTS) is 1. The Hall–Kier alpha value is -1.55. The molecule has 0 spiro atoms. The summed E-state index contributed by atoms with van der Waals surface area (Å²) < 4.78 is 4.84. The van der Waals surface area contributed by atoms with Crippen LogP contribution >= 0.6 is 11.6 Å². The molecule has 0 heterocycles. The van der Waals surface area contributed by atoms with E-state index >= 15 is 0 Å². The molecule has 0 amide bonds. The normalized spacial score (nSPS) is 11.2. The molecule has 0 fully saturated rings. The average molecular weight is 285 g/mol. The standard InChI is InChI=1S/C14H17ClO4/c1-5-19-13(18)8-6-7-9(14(2,3)4)11(15)10(8)12(16)17/h6-7H,5H2,1-4H3,(H,16,17). The van der Waals surface area contributed by atoms with Gasteiger partial charge in [0, 0.05) is 0 Å². The third-order valence-electron chi connectivity index (χ3n) is 2.66. The maximum absolute atomic E-state index is 11.7. The predicted molar refractivity (Wildman–Crippen MR) is 73.1 cm³/mol. The van der Waals surface area contributed by atoms with Crippen LogP contribution in [0.1, 0.15) is 54.0 Å². The molecule has 0 aliphatic rings. The molecule has 0 radical (unpaired) electrons. The first kappa shape index (κ1) is 15.5. The van der Waals surface area contributed by atoms with Gasteiger partial charge in [-0.25, -0.2) is 9.59 Å². The molecule has 0 atom stereocenters. The second kappa shape index (κ2) is 5.61. The van der Waals surface area contributed by atoms with E-state index in [-0.39, 0.29) is 28.2 Å². The molecule has 5 heteroatoms. The van der Waals surface area contributed by atoms with Crippen molar-refractivity contribution >= 4 is 23.5 Å². The van der Waals surface area contributed by atoms with E-state index in [1.165, 1.54) is 6.07 Å². The van der Waals surface area contributed by atoms with Crippen molar-refractivity contribution in [2.45, 2.75) is 33.1 Å². The lowest BCUT2D eigenvalue weighted by molar-refractivity contribution is 0.0514. The summed E-state index contributed by atoms with van der Waals surface area (Å²) in [6, 6.07) is 3.12. The average Bonchev–Trinajstić information content (AvgIpc) is 2.26.